The molecule has 0 fully saturated rings. The van der Waals surface area contributed by atoms with Gasteiger partial charge in [0.05, 0.1) is 22.4 Å². The molecule has 0 spiro atoms. The van der Waals surface area contributed by atoms with Crippen LogP contribution in [-0.2, 0) is 16.6 Å². The molecular weight excluding hydrogens is 344 g/mol. The fraction of sp³-hybridized carbons (Fsp3) is 0.353. The summed E-state index contributed by atoms with van der Waals surface area (Å²) in [4.78, 5) is 26.0. The van der Waals surface area contributed by atoms with Gasteiger partial charge in [-0.05, 0) is 26.0 Å². The third kappa shape index (κ3) is 3.46. The van der Waals surface area contributed by atoms with Crippen molar-refractivity contribution in [1.82, 2.24) is 15.1 Å². The van der Waals surface area contributed by atoms with Gasteiger partial charge in [0.1, 0.15) is 6.54 Å². The Balaban J connectivity index is 1.74. The molecule has 1 unspecified atom stereocenters. The minimum atomic E-state index is -0.282. The molecule has 0 bridgehead atoms. The van der Waals surface area contributed by atoms with E-state index in [1.165, 1.54) is 4.90 Å². The van der Waals surface area contributed by atoms with Gasteiger partial charge in [-0.2, -0.15) is 5.10 Å². The lowest BCUT2D eigenvalue weighted by Crippen LogP contribution is -2.45. The van der Waals surface area contributed by atoms with Gasteiger partial charge in [0.25, 0.3) is 5.91 Å². The maximum absolute atomic E-state index is 12.4. The molecule has 8 heteroatoms. The number of anilines is 1. The molecule has 1 N–H and O–H groups in total. The van der Waals surface area contributed by atoms with E-state index in [9.17, 15) is 9.59 Å². The Morgan fingerprint density at radius 1 is 1.48 bits per heavy atom. The van der Waals surface area contributed by atoms with E-state index < -0.39 is 0 Å². The van der Waals surface area contributed by atoms with E-state index in [1.54, 1.807) is 22.9 Å². The summed E-state index contributed by atoms with van der Waals surface area (Å²) in [6.07, 6.45) is 1.87. The molecule has 2 amide bonds. The van der Waals surface area contributed by atoms with Crippen LogP contribution >= 0.6 is 11.6 Å². The van der Waals surface area contributed by atoms with Gasteiger partial charge in [0, 0.05) is 18.8 Å². The molecule has 1 aliphatic heterocycles. The molecule has 3 rings (SSSR count). The standard InChI is InChI=1S/C17H19ClN4O3/c1-10(12-7-21(3)20-11(12)2)19-15(23)8-22-14-6-4-5-13(18)17(14)25-9-16(22)24/h4-7,10H,8-9H2,1-3H3,(H,19,23). The zero-order valence-corrected chi connectivity index (χ0v) is 15.0. The van der Waals surface area contributed by atoms with Crippen molar-refractivity contribution in [3.63, 3.8) is 0 Å². The normalized spacial score (nSPS) is 14.7. The second-order valence-electron chi connectivity index (χ2n) is 5.99. The maximum atomic E-state index is 12.4. The summed E-state index contributed by atoms with van der Waals surface area (Å²) in [6.45, 7) is 3.54. The highest BCUT2D eigenvalue weighted by Gasteiger charge is 2.29. The summed E-state index contributed by atoms with van der Waals surface area (Å²) < 4.78 is 7.09. The van der Waals surface area contributed by atoms with E-state index in [1.807, 2.05) is 27.1 Å². The Morgan fingerprint density at radius 3 is 2.92 bits per heavy atom. The number of amides is 2. The van der Waals surface area contributed by atoms with E-state index in [2.05, 4.69) is 10.4 Å². The first-order valence-electron chi connectivity index (χ1n) is 7.88. The maximum Gasteiger partial charge on any atom is 0.265 e. The Kier molecular flexibility index (Phi) is 4.67. The summed E-state index contributed by atoms with van der Waals surface area (Å²) in [5.41, 5.74) is 2.30. The molecule has 25 heavy (non-hydrogen) atoms. The van der Waals surface area contributed by atoms with Crippen LogP contribution in [0.25, 0.3) is 0 Å². The Hall–Kier alpha value is -2.54. The average molecular weight is 363 g/mol. The summed E-state index contributed by atoms with van der Waals surface area (Å²) >= 11 is 6.10. The Labute approximate surface area is 150 Å². The van der Waals surface area contributed by atoms with Crippen molar-refractivity contribution in [3.8, 4) is 5.75 Å². The summed E-state index contributed by atoms with van der Waals surface area (Å²) in [5.74, 6) is -0.125. The van der Waals surface area contributed by atoms with Gasteiger partial charge >= 0.3 is 0 Å². The van der Waals surface area contributed by atoms with Gasteiger partial charge in [-0.1, -0.05) is 17.7 Å². The topological polar surface area (TPSA) is 76.5 Å². The van der Waals surface area contributed by atoms with Crippen LogP contribution in [0.1, 0.15) is 24.2 Å². The zero-order valence-electron chi connectivity index (χ0n) is 14.2. The van der Waals surface area contributed by atoms with Gasteiger partial charge < -0.3 is 10.1 Å². The molecule has 1 aromatic carbocycles. The Morgan fingerprint density at radius 2 is 2.24 bits per heavy atom. The molecule has 132 valence electrons. The largest absolute Gasteiger partial charge is 0.480 e. The van der Waals surface area contributed by atoms with E-state index in [0.717, 1.165) is 11.3 Å². The number of nitrogens with zero attached hydrogens (tertiary/aromatic N) is 3. The minimum absolute atomic E-state index is 0.0980. The number of hydrogen-bond acceptors (Lipinski definition) is 4. The molecular formula is C17H19ClN4O3. The molecule has 0 saturated carbocycles. The lowest BCUT2D eigenvalue weighted by molar-refractivity contribution is -0.125. The number of benzene rings is 1. The van der Waals surface area contributed by atoms with Crippen LogP contribution in [0, 0.1) is 6.92 Å². The number of fused-ring (bicyclic) bond motifs is 1. The van der Waals surface area contributed by atoms with Crippen LogP contribution in [0.2, 0.25) is 5.02 Å². The molecule has 1 aliphatic rings. The first kappa shape index (κ1) is 17.3. The number of carbonyl (C=O) groups excluding carboxylic acids is 2. The molecule has 2 heterocycles. The van der Waals surface area contributed by atoms with Gasteiger partial charge in [-0.15, -0.1) is 0 Å². The van der Waals surface area contributed by atoms with Crippen LogP contribution in [-0.4, -0.2) is 34.7 Å². The number of nitrogens with one attached hydrogen (secondary N) is 1. The van der Waals surface area contributed by atoms with Crippen molar-refractivity contribution in [2.75, 3.05) is 18.1 Å². The predicted molar refractivity (Wildman–Crippen MR) is 93.8 cm³/mol. The quantitative estimate of drug-likeness (QED) is 0.902. The molecule has 1 aromatic heterocycles. The third-order valence-electron chi connectivity index (χ3n) is 4.08. The Bertz CT molecular complexity index is 833. The number of rotatable bonds is 4. The minimum Gasteiger partial charge on any atom is -0.480 e. The highest BCUT2D eigenvalue weighted by atomic mass is 35.5. The van der Waals surface area contributed by atoms with Crippen molar-refractivity contribution < 1.29 is 14.3 Å². The number of halogens is 1. The number of aromatic nitrogens is 2. The molecule has 1 atom stereocenters. The SMILES string of the molecule is Cc1nn(C)cc1C(C)NC(=O)CN1C(=O)COc2c(Cl)cccc21. The number of aryl methyl sites for hydroxylation is 2. The van der Waals surface area contributed by atoms with Crippen LogP contribution in [0.5, 0.6) is 5.75 Å². The van der Waals surface area contributed by atoms with Crippen LogP contribution < -0.4 is 15.0 Å². The fourth-order valence-corrected chi connectivity index (χ4v) is 3.15. The lowest BCUT2D eigenvalue weighted by atomic mass is 10.1. The van der Waals surface area contributed by atoms with Crippen molar-refractivity contribution in [3.05, 3.63) is 40.7 Å². The number of hydrogen-bond donors (Lipinski definition) is 1. The number of carbonyl (C=O) groups is 2. The summed E-state index contributed by atoms with van der Waals surface area (Å²) in [7, 11) is 1.83. The van der Waals surface area contributed by atoms with E-state index in [4.69, 9.17) is 16.3 Å². The highest BCUT2D eigenvalue weighted by Crippen LogP contribution is 2.37. The van der Waals surface area contributed by atoms with Gasteiger partial charge in [-0.25, -0.2) is 0 Å². The van der Waals surface area contributed by atoms with Crippen molar-refractivity contribution in [1.29, 1.82) is 0 Å². The number of ether oxygens (including phenoxy) is 1. The van der Waals surface area contributed by atoms with E-state index >= 15 is 0 Å². The van der Waals surface area contributed by atoms with Crippen molar-refractivity contribution in [2.24, 2.45) is 7.05 Å². The zero-order chi connectivity index (χ0) is 18.1. The predicted octanol–water partition coefficient (Wildman–Crippen LogP) is 1.98. The van der Waals surface area contributed by atoms with Crippen molar-refractivity contribution >= 4 is 29.1 Å². The second-order valence-corrected chi connectivity index (χ2v) is 6.40. The van der Waals surface area contributed by atoms with Crippen LogP contribution in [0.4, 0.5) is 5.69 Å². The first-order chi connectivity index (χ1) is 11.9. The van der Waals surface area contributed by atoms with Gasteiger partial charge in [0.2, 0.25) is 5.91 Å². The first-order valence-corrected chi connectivity index (χ1v) is 8.25. The smallest absolute Gasteiger partial charge is 0.265 e. The average Bonchev–Trinajstić information content (AvgIpc) is 2.89. The fourth-order valence-electron chi connectivity index (χ4n) is 2.92. The van der Waals surface area contributed by atoms with Crippen LogP contribution in [0.15, 0.2) is 24.4 Å². The van der Waals surface area contributed by atoms with E-state index in [0.29, 0.717) is 16.5 Å². The second kappa shape index (κ2) is 6.76. The monoisotopic (exact) mass is 362 g/mol. The molecule has 0 radical (unpaired) electrons. The molecule has 0 saturated heterocycles. The third-order valence-corrected chi connectivity index (χ3v) is 4.37. The molecule has 0 aliphatic carbocycles. The van der Waals surface area contributed by atoms with Gasteiger partial charge in [-0.3, -0.25) is 19.2 Å². The van der Waals surface area contributed by atoms with E-state index in [-0.39, 0.29) is 31.0 Å². The summed E-state index contributed by atoms with van der Waals surface area (Å²) in [5, 5.41) is 7.59. The van der Waals surface area contributed by atoms with Crippen LogP contribution in [0.3, 0.4) is 0 Å². The summed E-state index contributed by atoms with van der Waals surface area (Å²) in [6, 6.07) is 4.90. The number of para-hydroxylation sites is 1. The molecule has 2 aromatic rings. The van der Waals surface area contributed by atoms with Gasteiger partial charge in [0.15, 0.2) is 12.4 Å². The lowest BCUT2D eigenvalue weighted by Gasteiger charge is -2.29. The van der Waals surface area contributed by atoms with Crippen molar-refractivity contribution in [2.45, 2.75) is 19.9 Å². The molecule has 7 nitrogen and oxygen atoms in total. The highest BCUT2D eigenvalue weighted by molar-refractivity contribution is 6.32.